The topological polar surface area (TPSA) is 54.7 Å². The first-order valence-corrected chi connectivity index (χ1v) is 5.67. The molecule has 1 aliphatic rings. The molecule has 1 saturated carbocycles. The molecule has 4 heteroatoms. The normalized spacial score (nSPS) is 21.9. The van der Waals surface area contributed by atoms with E-state index in [0.717, 1.165) is 18.0 Å². The molecule has 1 heterocycles. The van der Waals surface area contributed by atoms with E-state index in [-0.39, 0.29) is 12.4 Å². The summed E-state index contributed by atoms with van der Waals surface area (Å²) in [6.07, 6.45) is 2.39. The summed E-state index contributed by atoms with van der Waals surface area (Å²) in [5.41, 5.74) is 8.16. The number of nitrogen functional groups attached to an aromatic ring is 1. The van der Waals surface area contributed by atoms with Gasteiger partial charge in [-0.1, -0.05) is 30.3 Å². The molecule has 0 radical (unpaired) electrons. The molecule has 0 amide bonds. The molecule has 0 bridgehead atoms. The molecule has 3 nitrogen and oxygen atoms in total. The minimum Gasteiger partial charge on any atom is -0.384 e. The van der Waals surface area contributed by atoms with Crippen molar-refractivity contribution in [3.8, 4) is 0 Å². The first-order chi connectivity index (χ1) is 7.83. The van der Waals surface area contributed by atoms with Crippen LogP contribution >= 0.6 is 12.4 Å². The van der Waals surface area contributed by atoms with Crippen molar-refractivity contribution in [1.82, 2.24) is 10.2 Å². The predicted octanol–water partition coefficient (Wildman–Crippen LogP) is 2.76. The van der Waals surface area contributed by atoms with Gasteiger partial charge in [0.2, 0.25) is 0 Å². The zero-order chi connectivity index (χ0) is 11.0. The Morgan fingerprint density at radius 3 is 2.71 bits per heavy atom. The molecule has 3 rings (SSSR count). The van der Waals surface area contributed by atoms with E-state index in [4.69, 9.17) is 5.73 Å². The van der Waals surface area contributed by atoms with E-state index in [0.29, 0.717) is 11.7 Å². The molecule has 1 aromatic carbocycles. The number of hydrogen-bond donors (Lipinski definition) is 2. The molecule has 1 aliphatic carbocycles. The minimum absolute atomic E-state index is 0. The van der Waals surface area contributed by atoms with Crippen LogP contribution in [-0.4, -0.2) is 10.2 Å². The fraction of sp³-hybridized carbons (Fsp3) is 0.308. The third-order valence-electron chi connectivity index (χ3n) is 3.26. The Morgan fingerprint density at radius 1 is 1.29 bits per heavy atom. The van der Waals surface area contributed by atoms with Crippen molar-refractivity contribution in [2.24, 2.45) is 5.92 Å². The van der Waals surface area contributed by atoms with Gasteiger partial charge >= 0.3 is 0 Å². The first kappa shape index (κ1) is 12.0. The number of nitrogens with zero attached hydrogens (tertiary/aromatic N) is 1. The molecule has 0 saturated heterocycles. The Bertz CT molecular complexity index is 480. The van der Waals surface area contributed by atoms with Crippen LogP contribution in [0.2, 0.25) is 0 Å². The molecular formula is C13H16ClN3. The zero-order valence-corrected chi connectivity index (χ0v) is 10.3. The highest BCUT2D eigenvalue weighted by molar-refractivity contribution is 5.85. The van der Waals surface area contributed by atoms with Gasteiger partial charge in [0.05, 0.1) is 5.69 Å². The van der Waals surface area contributed by atoms with Crippen molar-refractivity contribution >= 4 is 18.2 Å². The zero-order valence-electron chi connectivity index (χ0n) is 9.47. The van der Waals surface area contributed by atoms with Crippen LogP contribution in [0, 0.1) is 5.92 Å². The van der Waals surface area contributed by atoms with Crippen molar-refractivity contribution in [2.45, 2.75) is 18.8 Å². The fourth-order valence-electron chi connectivity index (χ4n) is 2.30. The van der Waals surface area contributed by atoms with Crippen molar-refractivity contribution < 1.29 is 0 Å². The molecule has 1 aromatic heterocycles. The number of hydrogen-bond acceptors (Lipinski definition) is 2. The molecule has 0 aliphatic heterocycles. The molecule has 90 valence electrons. The summed E-state index contributed by atoms with van der Waals surface area (Å²) in [5, 5.41) is 7.02. The number of aromatic nitrogens is 2. The lowest BCUT2D eigenvalue weighted by Crippen LogP contribution is -1.89. The fourth-order valence-corrected chi connectivity index (χ4v) is 2.30. The molecule has 2 aromatic rings. The number of anilines is 1. The lowest BCUT2D eigenvalue weighted by Gasteiger charge is -1.98. The second-order valence-corrected chi connectivity index (χ2v) is 4.54. The van der Waals surface area contributed by atoms with Gasteiger partial charge in [-0.3, -0.25) is 5.10 Å². The quantitative estimate of drug-likeness (QED) is 0.879. The van der Waals surface area contributed by atoms with E-state index >= 15 is 0 Å². The minimum atomic E-state index is 0. The van der Waals surface area contributed by atoms with Crippen LogP contribution in [0.3, 0.4) is 0 Å². The Balaban J connectivity index is 0.00000108. The van der Waals surface area contributed by atoms with Gasteiger partial charge in [-0.2, -0.15) is 5.10 Å². The largest absolute Gasteiger partial charge is 0.384 e. The van der Waals surface area contributed by atoms with Crippen LogP contribution < -0.4 is 5.73 Å². The summed E-state index contributed by atoms with van der Waals surface area (Å²) < 4.78 is 0. The van der Waals surface area contributed by atoms with Crippen molar-refractivity contribution in [1.29, 1.82) is 0 Å². The van der Waals surface area contributed by atoms with Gasteiger partial charge < -0.3 is 5.73 Å². The van der Waals surface area contributed by atoms with Gasteiger partial charge in [-0.25, -0.2) is 0 Å². The van der Waals surface area contributed by atoms with Crippen LogP contribution in [0.1, 0.15) is 23.6 Å². The average molecular weight is 250 g/mol. The van der Waals surface area contributed by atoms with Crippen LogP contribution in [0.15, 0.2) is 36.4 Å². The highest BCUT2D eigenvalue weighted by Crippen LogP contribution is 2.48. The maximum atomic E-state index is 5.62. The van der Waals surface area contributed by atoms with Gasteiger partial charge in [0.1, 0.15) is 5.82 Å². The SMILES string of the molecule is Cl.Nc1cc(C2CC2Cc2ccccc2)n[nH]1. The molecule has 0 spiro atoms. The summed E-state index contributed by atoms with van der Waals surface area (Å²) in [7, 11) is 0. The second kappa shape index (κ2) is 4.80. The Kier molecular flexibility index (Phi) is 3.38. The maximum Gasteiger partial charge on any atom is 0.119 e. The molecule has 2 unspecified atom stereocenters. The average Bonchev–Trinajstić information content (AvgIpc) is 2.92. The van der Waals surface area contributed by atoms with Crippen LogP contribution in [-0.2, 0) is 6.42 Å². The molecule has 1 fully saturated rings. The summed E-state index contributed by atoms with van der Waals surface area (Å²) in [4.78, 5) is 0. The third-order valence-corrected chi connectivity index (χ3v) is 3.26. The number of nitrogens with one attached hydrogen (secondary N) is 1. The standard InChI is InChI=1S/C13H15N3.ClH/c14-13-8-12(15-16-13)11-7-10(11)6-9-4-2-1-3-5-9;/h1-5,8,10-11H,6-7H2,(H3,14,15,16);1H. The Hall–Kier alpha value is -1.48. The maximum absolute atomic E-state index is 5.62. The number of nitrogens with two attached hydrogens (primary N) is 1. The summed E-state index contributed by atoms with van der Waals surface area (Å²) in [6.45, 7) is 0. The number of halogens is 1. The van der Waals surface area contributed by atoms with E-state index in [1.165, 1.54) is 12.0 Å². The Labute approximate surface area is 107 Å². The van der Waals surface area contributed by atoms with Crippen LogP contribution in [0.25, 0.3) is 0 Å². The number of H-pyrrole nitrogens is 1. The molecular weight excluding hydrogens is 234 g/mol. The summed E-state index contributed by atoms with van der Waals surface area (Å²) in [5.74, 6) is 2.01. The predicted molar refractivity (Wildman–Crippen MR) is 71.2 cm³/mol. The lowest BCUT2D eigenvalue weighted by molar-refractivity contribution is 0.780. The van der Waals surface area contributed by atoms with Crippen LogP contribution in [0.5, 0.6) is 0 Å². The van der Waals surface area contributed by atoms with E-state index < -0.39 is 0 Å². The van der Waals surface area contributed by atoms with Crippen LogP contribution in [0.4, 0.5) is 5.82 Å². The van der Waals surface area contributed by atoms with Gasteiger partial charge in [0.15, 0.2) is 0 Å². The highest BCUT2D eigenvalue weighted by atomic mass is 35.5. The monoisotopic (exact) mass is 249 g/mol. The smallest absolute Gasteiger partial charge is 0.119 e. The van der Waals surface area contributed by atoms with E-state index in [2.05, 4.69) is 40.5 Å². The Morgan fingerprint density at radius 2 is 2.06 bits per heavy atom. The number of rotatable bonds is 3. The second-order valence-electron chi connectivity index (χ2n) is 4.54. The van der Waals surface area contributed by atoms with E-state index in [1.807, 2.05) is 6.07 Å². The molecule has 2 atom stereocenters. The van der Waals surface area contributed by atoms with Crippen molar-refractivity contribution in [3.05, 3.63) is 47.7 Å². The van der Waals surface area contributed by atoms with Gasteiger partial charge in [-0.15, -0.1) is 12.4 Å². The summed E-state index contributed by atoms with van der Waals surface area (Å²) >= 11 is 0. The van der Waals surface area contributed by atoms with Gasteiger partial charge in [0.25, 0.3) is 0 Å². The number of benzene rings is 1. The highest BCUT2D eigenvalue weighted by Gasteiger charge is 2.39. The van der Waals surface area contributed by atoms with Gasteiger partial charge in [0, 0.05) is 12.0 Å². The third kappa shape index (κ3) is 2.61. The first-order valence-electron chi connectivity index (χ1n) is 5.67. The summed E-state index contributed by atoms with van der Waals surface area (Å²) in [6, 6.07) is 12.6. The van der Waals surface area contributed by atoms with E-state index in [9.17, 15) is 0 Å². The number of aromatic amines is 1. The molecule has 17 heavy (non-hydrogen) atoms. The lowest BCUT2D eigenvalue weighted by atomic mass is 10.1. The van der Waals surface area contributed by atoms with Crippen molar-refractivity contribution in [3.63, 3.8) is 0 Å². The van der Waals surface area contributed by atoms with E-state index in [1.54, 1.807) is 0 Å². The van der Waals surface area contributed by atoms with Gasteiger partial charge in [-0.05, 0) is 24.3 Å². The van der Waals surface area contributed by atoms with Crippen molar-refractivity contribution in [2.75, 3.05) is 5.73 Å². The molecule has 3 N–H and O–H groups in total.